The van der Waals surface area contributed by atoms with E-state index in [1.807, 2.05) is 50.3 Å². The van der Waals surface area contributed by atoms with Crippen LogP contribution in [0.1, 0.15) is 28.5 Å². The van der Waals surface area contributed by atoms with Crippen molar-refractivity contribution in [2.45, 2.75) is 13.8 Å². The smallest absolute Gasteiger partial charge is 0.338 e. The standard InChI is InChI=1S/C21H17FN2O3/c1-3-7-16-13(2)23-19(14-8-5-4-6-9-14)24-20(16)27-15-10-11-17(21(25)26)18(22)12-15/h3-12H,1-2H3,(H,25,26)/b7-3+. The van der Waals surface area contributed by atoms with Crippen LogP contribution in [0.2, 0.25) is 0 Å². The predicted octanol–water partition coefficient (Wildman–Crippen LogP) is 5.11. The lowest BCUT2D eigenvalue weighted by Crippen LogP contribution is -2.02. The Kier molecular flexibility index (Phi) is 5.26. The van der Waals surface area contributed by atoms with E-state index in [0.717, 1.165) is 17.7 Å². The van der Waals surface area contributed by atoms with Gasteiger partial charge in [-0.15, -0.1) is 0 Å². The summed E-state index contributed by atoms with van der Waals surface area (Å²) in [5.74, 6) is -1.30. The summed E-state index contributed by atoms with van der Waals surface area (Å²) < 4.78 is 19.8. The summed E-state index contributed by atoms with van der Waals surface area (Å²) in [6.07, 6.45) is 3.64. The van der Waals surface area contributed by atoms with Crippen LogP contribution in [-0.2, 0) is 0 Å². The summed E-state index contributed by atoms with van der Waals surface area (Å²) in [6.45, 7) is 3.69. The normalized spacial score (nSPS) is 10.9. The molecule has 0 aliphatic rings. The molecule has 5 nitrogen and oxygen atoms in total. The van der Waals surface area contributed by atoms with Gasteiger partial charge in [-0.05, 0) is 26.0 Å². The molecular weight excluding hydrogens is 347 g/mol. The van der Waals surface area contributed by atoms with Gasteiger partial charge in [-0.1, -0.05) is 42.5 Å². The molecule has 27 heavy (non-hydrogen) atoms. The zero-order valence-corrected chi connectivity index (χ0v) is 14.8. The average molecular weight is 364 g/mol. The molecule has 1 N–H and O–H groups in total. The van der Waals surface area contributed by atoms with Crippen molar-refractivity contribution in [2.75, 3.05) is 0 Å². The molecule has 0 saturated carbocycles. The van der Waals surface area contributed by atoms with Crippen molar-refractivity contribution in [3.8, 4) is 23.0 Å². The van der Waals surface area contributed by atoms with Gasteiger partial charge < -0.3 is 9.84 Å². The summed E-state index contributed by atoms with van der Waals surface area (Å²) in [4.78, 5) is 20.0. The molecule has 0 aliphatic heterocycles. The van der Waals surface area contributed by atoms with Crippen LogP contribution in [0, 0.1) is 12.7 Å². The maximum Gasteiger partial charge on any atom is 0.338 e. The summed E-state index contributed by atoms with van der Waals surface area (Å²) in [6, 6.07) is 13.0. The van der Waals surface area contributed by atoms with Crippen molar-refractivity contribution >= 4 is 12.0 Å². The third-order valence-corrected chi connectivity index (χ3v) is 3.85. The highest BCUT2D eigenvalue weighted by Crippen LogP contribution is 2.30. The number of aromatic nitrogens is 2. The first kappa shape index (κ1) is 18.3. The third kappa shape index (κ3) is 4.00. The first-order valence-corrected chi connectivity index (χ1v) is 8.27. The van der Waals surface area contributed by atoms with Gasteiger partial charge in [0.15, 0.2) is 5.82 Å². The topological polar surface area (TPSA) is 72.3 Å². The molecule has 6 heteroatoms. The summed E-state index contributed by atoms with van der Waals surface area (Å²) in [5.41, 5.74) is 1.78. The minimum atomic E-state index is -1.34. The lowest BCUT2D eigenvalue weighted by atomic mass is 10.1. The highest BCUT2D eigenvalue weighted by molar-refractivity contribution is 5.88. The number of allylic oxidation sites excluding steroid dienone is 1. The van der Waals surface area contributed by atoms with Crippen LogP contribution in [0.25, 0.3) is 17.5 Å². The predicted molar refractivity (Wildman–Crippen MR) is 100 cm³/mol. The minimum Gasteiger partial charge on any atom is -0.478 e. The Hall–Kier alpha value is -3.54. The number of nitrogens with zero attached hydrogens (tertiary/aromatic N) is 2. The van der Waals surface area contributed by atoms with E-state index in [2.05, 4.69) is 9.97 Å². The maximum atomic E-state index is 14.0. The van der Waals surface area contributed by atoms with E-state index >= 15 is 0 Å². The van der Waals surface area contributed by atoms with Gasteiger partial charge in [0.2, 0.25) is 5.88 Å². The lowest BCUT2D eigenvalue weighted by molar-refractivity contribution is 0.0692. The molecule has 1 aromatic heterocycles. The Morgan fingerprint density at radius 3 is 2.52 bits per heavy atom. The highest BCUT2D eigenvalue weighted by Gasteiger charge is 2.15. The third-order valence-electron chi connectivity index (χ3n) is 3.85. The number of carbonyl (C=O) groups is 1. The fourth-order valence-corrected chi connectivity index (χ4v) is 2.55. The van der Waals surface area contributed by atoms with Crippen LogP contribution >= 0.6 is 0 Å². The van der Waals surface area contributed by atoms with Gasteiger partial charge in [-0.3, -0.25) is 0 Å². The Labute approximate surface area is 155 Å². The van der Waals surface area contributed by atoms with Gasteiger partial charge in [-0.25, -0.2) is 14.2 Å². The Bertz CT molecular complexity index is 1020. The Balaban J connectivity index is 2.06. The van der Waals surface area contributed by atoms with E-state index in [-0.39, 0.29) is 11.6 Å². The van der Waals surface area contributed by atoms with Crippen molar-refractivity contribution in [1.82, 2.24) is 9.97 Å². The number of ether oxygens (including phenoxy) is 1. The fourth-order valence-electron chi connectivity index (χ4n) is 2.55. The monoisotopic (exact) mass is 364 g/mol. The SMILES string of the molecule is C/C=C/c1c(C)nc(-c2ccccc2)nc1Oc1ccc(C(=O)O)c(F)c1. The van der Waals surface area contributed by atoms with E-state index < -0.39 is 17.3 Å². The van der Waals surface area contributed by atoms with E-state index in [1.165, 1.54) is 6.07 Å². The number of benzene rings is 2. The molecule has 0 fully saturated rings. The van der Waals surface area contributed by atoms with Gasteiger partial charge in [0.1, 0.15) is 11.6 Å². The zero-order chi connectivity index (χ0) is 19.4. The summed E-state index contributed by atoms with van der Waals surface area (Å²) in [7, 11) is 0. The number of hydrogen-bond donors (Lipinski definition) is 1. The molecule has 0 bridgehead atoms. The van der Waals surface area contributed by atoms with Crippen LogP contribution < -0.4 is 4.74 Å². The van der Waals surface area contributed by atoms with Gasteiger partial charge >= 0.3 is 5.97 Å². The van der Waals surface area contributed by atoms with Crippen LogP contribution in [0.4, 0.5) is 4.39 Å². The molecule has 0 saturated heterocycles. The summed E-state index contributed by atoms with van der Waals surface area (Å²) >= 11 is 0. The van der Waals surface area contributed by atoms with Crippen LogP contribution in [0.15, 0.2) is 54.6 Å². The highest BCUT2D eigenvalue weighted by atomic mass is 19.1. The maximum absolute atomic E-state index is 14.0. The Morgan fingerprint density at radius 2 is 1.89 bits per heavy atom. The van der Waals surface area contributed by atoms with E-state index in [1.54, 1.807) is 6.08 Å². The van der Waals surface area contributed by atoms with Gasteiger partial charge in [-0.2, -0.15) is 4.98 Å². The van der Waals surface area contributed by atoms with E-state index in [9.17, 15) is 9.18 Å². The number of carboxylic acid groups (broad SMARTS) is 1. The van der Waals surface area contributed by atoms with Crippen molar-refractivity contribution in [3.63, 3.8) is 0 Å². The second kappa shape index (κ2) is 7.78. The molecule has 0 atom stereocenters. The van der Waals surface area contributed by atoms with Gasteiger partial charge in [0, 0.05) is 11.6 Å². The molecule has 136 valence electrons. The number of carboxylic acids is 1. The van der Waals surface area contributed by atoms with E-state index in [0.29, 0.717) is 17.1 Å². The number of aryl methyl sites for hydroxylation is 1. The fraction of sp³-hybridized carbons (Fsp3) is 0.0952. The number of aromatic carboxylic acids is 1. The molecule has 0 unspecified atom stereocenters. The second-order valence-electron chi connectivity index (χ2n) is 5.77. The molecule has 0 amide bonds. The van der Waals surface area contributed by atoms with Crippen molar-refractivity contribution in [1.29, 1.82) is 0 Å². The second-order valence-corrected chi connectivity index (χ2v) is 5.77. The number of rotatable bonds is 5. The molecule has 3 rings (SSSR count). The van der Waals surface area contributed by atoms with Crippen molar-refractivity contribution in [2.24, 2.45) is 0 Å². The molecule has 1 heterocycles. The largest absolute Gasteiger partial charge is 0.478 e. The minimum absolute atomic E-state index is 0.153. The first-order valence-electron chi connectivity index (χ1n) is 8.27. The molecule has 2 aromatic carbocycles. The average Bonchev–Trinajstić information content (AvgIpc) is 2.65. The van der Waals surface area contributed by atoms with Crippen molar-refractivity contribution in [3.05, 3.63) is 77.2 Å². The number of halogens is 1. The van der Waals surface area contributed by atoms with Crippen molar-refractivity contribution < 1.29 is 19.0 Å². The van der Waals surface area contributed by atoms with Crippen LogP contribution in [0.5, 0.6) is 11.6 Å². The molecule has 3 aromatic rings. The summed E-state index contributed by atoms with van der Waals surface area (Å²) in [5, 5.41) is 8.95. The first-order chi connectivity index (χ1) is 13.0. The molecule has 0 spiro atoms. The van der Waals surface area contributed by atoms with Crippen LogP contribution in [-0.4, -0.2) is 21.0 Å². The van der Waals surface area contributed by atoms with Gasteiger partial charge in [0.25, 0.3) is 0 Å². The lowest BCUT2D eigenvalue weighted by Gasteiger charge is -2.12. The Morgan fingerprint density at radius 1 is 1.15 bits per heavy atom. The van der Waals surface area contributed by atoms with Crippen LogP contribution in [0.3, 0.4) is 0 Å². The number of hydrogen-bond acceptors (Lipinski definition) is 4. The zero-order valence-electron chi connectivity index (χ0n) is 14.8. The molecule has 0 radical (unpaired) electrons. The molecule has 0 aliphatic carbocycles. The molecular formula is C21H17FN2O3. The quantitative estimate of drug-likeness (QED) is 0.681. The van der Waals surface area contributed by atoms with E-state index in [4.69, 9.17) is 9.84 Å². The van der Waals surface area contributed by atoms with Gasteiger partial charge in [0.05, 0.1) is 16.8 Å².